The molecule has 2 heterocycles. The molecule has 7 N–H and O–H groups in total. The summed E-state index contributed by atoms with van der Waals surface area (Å²) in [6, 6.07) is 4.64. The minimum atomic E-state index is -4.76. The first-order valence-corrected chi connectivity index (χ1v) is 12.8. The maximum Gasteiger partial charge on any atom is 0.362 e. The highest BCUT2D eigenvalue weighted by Gasteiger charge is 2.51. The van der Waals surface area contributed by atoms with Crippen molar-refractivity contribution in [3.8, 4) is 5.75 Å². The Kier molecular flexibility index (Phi) is 8.34. The highest BCUT2D eigenvalue weighted by Crippen LogP contribution is 2.27. The number of nitrogen functional groups attached to an aromatic ring is 1. The zero-order chi connectivity index (χ0) is 26.6. The lowest BCUT2D eigenvalue weighted by molar-refractivity contribution is -0.143. The van der Waals surface area contributed by atoms with E-state index in [1.807, 2.05) is 0 Å². The zero-order valence-corrected chi connectivity index (χ0v) is 21.1. The molecule has 0 unspecified atom stereocenters. The van der Waals surface area contributed by atoms with Gasteiger partial charge in [-0.2, -0.15) is 8.42 Å². The van der Waals surface area contributed by atoms with Crippen molar-refractivity contribution in [3.63, 3.8) is 0 Å². The van der Waals surface area contributed by atoms with E-state index < -0.39 is 39.9 Å². The lowest BCUT2D eigenvalue weighted by Crippen LogP contribution is -2.71. The number of carbonyl (C=O) groups is 2. The fourth-order valence-corrected chi connectivity index (χ4v) is 5.01. The van der Waals surface area contributed by atoms with Gasteiger partial charge in [-0.15, -0.1) is 0 Å². The van der Waals surface area contributed by atoms with Crippen molar-refractivity contribution < 1.29 is 32.1 Å². The first-order chi connectivity index (χ1) is 16.9. The third-order valence-electron chi connectivity index (χ3n) is 4.83. The highest BCUT2D eigenvalue weighted by molar-refractivity contribution is 7.84. The quantitative estimate of drug-likeness (QED) is 0.0626. The Balaban J connectivity index is 1.64. The number of β-lactam (4-membered cyclic amide) rings is 1. The van der Waals surface area contributed by atoms with E-state index in [0.29, 0.717) is 12.2 Å². The van der Waals surface area contributed by atoms with Crippen molar-refractivity contribution in [1.82, 2.24) is 14.6 Å². The fourth-order valence-electron chi connectivity index (χ4n) is 3.20. The molecule has 17 heteroatoms. The minimum absolute atomic E-state index is 0.0412. The van der Waals surface area contributed by atoms with E-state index in [4.69, 9.17) is 42.6 Å². The van der Waals surface area contributed by atoms with Gasteiger partial charge in [0.05, 0.1) is 11.9 Å². The Hall–Kier alpha value is -3.47. The molecule has 0 bridgehead atoms. The molecule has 1 aromatic carbocycles. The number of rotatable bonds is 11. The monoisotopic (exact) mass is 559 g/mol. The second-order valence-corrected chi connectivity index (χ2v) is 10.4. The number of amidine groups is 1. The summed E-state index contributed by atoms with van der Waals surface area (Å²) in [5.74, 6) is -1.37. The molecule has 0 spiro atoms. The van der Waals surface area contributed by atoms with Gasteiger partial charge in [0.2, 0.25) is 0 Å². The summed E-state index contributed by atoms with van der Waals surface area (Å²) in [7, 11) is -4.76. The van der Waals surface area contributed by atoms with Crippen LogP contribution >= 0.6 is 22.9 Å². The number of nitrogens with two attached hydrogens (primary N) is 2. The molecule has 2 atom stereocenters. The largest absolute Gasteiger partial charge is 0.490 e. The molecule has 1 fully saturated rings. The number of hydrogen-bond donors (Lipinski definition) is 5. The van der Waals surface area contributed by atoms with Gasteiger partial charge in [0.1, 0.15) is 28.4 Å². The predicted octanol–water partition coefficient (Wildman–Crippen LogP) is 0.175. The molecule has 1 aliphatic heterocycles. The van der Waals surface area contributed by atoms with Crippen molar-refractivity contribution in [2.24, 2.45) is 10.9 Å². The van der Waals surface area contributed by atoms with E-state index in [2.05, 4.69) is 15.5 Å². The number of halogens is 1. The van der Waals surface area contributed by atoms with E-state index in [-0.39, 0.29) is 38.5 Å². The molecule has 1 aromatic heterocycles. The van der Waals surface area contributed by atoms with Crippen LogP contribution in [0.2, 0.25) is 4.34 Å². The smallest absolute Gasteiger partial charge is 0.362 e. The molecule has 2 aromatic rings. The Morgan fingerprint density at radius 2 is 2.03 bits per heavy atom. The van der Waals surface area contributed by atoms with Gasteiger partial charge < -0.3 is 26.4 Å². The number of benzene rings is 1. The predicted molar refractivity (Wildman–Crippen MR) is 131 cm³/mol. The van der Waals surface area contributed by atoms with Crippen LogP contribution in [0.4, 0.5) is 5.13 Å². The third kappa shape index (κ3) is 6.39. The van der Waals surface area contributed by atoms with E-state index in [0.717, 1.165) is 16.9 Å². The van der Waals surface area contributed by atoms with Gasteiger partial charge in [0.15, 0.2) is 17.5 Å². The summed E-state index contributed by atoms with van der Waals surface area (Å²) in [4.78, 5) is 34.1. The number of aromatic nitrogens is 1. The summed E-state index contributed by atoms with van der Waals surface area (Å²) in [5.41, 5.74) is 11.4. The average Bonchev–Trinajstić information content (AvgIpc) is 3.11. The fraction of sp³-hybridized carbons (Fsp3) is 0.316. The van der Waals surface area contributed by atoms with E-state index in [1.54, 1.807) is 24.3 Å². The van der Waals surface area contributed by atoms with Crippen LogP contribution in [0, 0.1) is 5.41 Å². The van der Waals surface area contributed by atoms with Gasteiger partial charge in [-0.1, -0.05) is 40.2 Å². The summed E-state index contributed by atoms with van der Waals surface area (Å²) < 4.78 is 37.5. The molecule has 0 saturated carbocycles. The van der Waals surface area contributed by atoms with Gasteiger partial charge in [0, 0.05) is 6.42 Å². The van der Waals surface area contributed by atoms with Crippen LogP contribution in [0.3, 0.4) is 0 Å². The second-order valence-electron chi connectivity index (χ2n) is 7.45. The number of carbonyl (C=O) groups excluding carboxylic acids is 2. The lowest BCUT2D eigenvalue weighted by atomic mass is 10.0. The molecule has 14 nitrogen and oxygen atoms in total. The molecule has 194 valence electrons. The van der Waals surface area contributed by atoms with E-state index in [1.165, 1.54) is 6.92 Å². The van der Waals surface area contributed by atoms with Crippen LogP contribution in [-0.2, 0) is 31.2 Å². The summed E-state index contributed by atoms with van der Waals surface area (Å²) in [6.45, 7) is 1.29. The third-order valence-corrected chi connectivity index (χ3v) is 6.92. The number of anilines is 1. The van der Waals surface area contributed by atoms with Crippen LogP contribution in [0.15, 0.2) is 29.4 Å². The van der Waals surface area contributed by atoms with Gasteiger partial charge >= 0.3 is 10.3 Å². The normalized spacial score (nSPS) is 17.9. The number of oxime groups is 1. The van der Waals surface area contributed by atoms with Crippen molar-refractivity contribution >= 4 is 61.7 Å². The molecular formula is C19H22ClN7O7S2. The lowest BCUT2D eigenvalue weighted by Gasteiger charge is -2.42. The number of ether oxygens (including phenoxy) is 1. The van der Waals surface area contributed by atoms with E-state index in [9.17, 15) is 18.0 Å². The summed E-state index contributed by atoms with van der Waals surface area (Å²) in [5, 5.41) is 13.5. The molecular weight excluding hydrogens is 538 g/mol. The van der Waals surface area contributed by atoms with Crippen molar-refractivity contribution in [2.75, 3.05) is 18.9 Å². The van der Waals surface area contributed by atoms with Crippen LogP contribution in [0.25, 0.3) is 0 Å². The van der Waals surface area contributed by atoms with Gasteiger partial charge in [-0.25, -0.2) is 9.29 Å². The van der Waals surface area contributed by atoms with Crippen LogP contribution in [-0.4, -0.2) is 70.9 Å². The maximum absolute atomic E-state index is 12.9. The molecule has 1 saturated heterocycles. The highest BCUT2D eigenvalue weighted by atomic mass is 35.5. The minimum Gasteiger partial charge on any atom is -0.490 e. The Morgan fingerprint density at radius 1 is 1.36 bits per heavy atom. The number of hydrogen-bond acceptors (Lipinski definition) is 11. The van der Waals surface area contributed by atoms with Gasteiger partial charge in [0.25, 0.3) is 11.8 Å². The van der Waals surface area contributed by atoms with Crippen molar-refractivity contribution in [2.45, 2.75) is 25.4 Å². The summed E-state index contributed by atoms with van der Waals surface area (Å²) in [6.07, 6.45) is 0.325. The van der Waals surface area contributed by atoms with Gasteiger partial charge in [-0.05, 0) is 24.6 Å². The first kappa shape index (κ1) is 27.1. The SMILES string of the molecule is C[C@H]1[C@H](NC(=O)/C(=N\OCCOc2ccc(CC(=N)N)cc2)c2nc(N)sc2Cl)C(=O)N1S(=O)(=O)O. The molecule has 0 aliphatic carbocycles. The molecule has 0 radical (unpaired) electrons. The van der Waals surface area contributed by atoms with E-state index >= 15 is 0 Å². The number of nitrogens with zero attached hydrogens (tertiary/aromatic N) is 3. The van der Waals surface area contributed by atoms with Crippen LogP contribution in [0.1, 0.15) is 18.2 Å². The Morgan fingerprint density at radius 3 is 2.56 bits per heavy atom. The molecule has 1 aliphatic rings. The number of amides is 2. The Bertz CT molecular complexity index is 1300. The van der Waals surface area contributed by atoms with Crippen molar-refractivity contribution in [3.05, 3.63) is 39.9 Å². The first-order valence-electron chi connectivity index (χ1n) is 10.2. The average molecular weight is 560 g/mol. The maximum atomic E-state index is 12.9. The van der Waals surface area contributed by atoms with Crippen molar-refractivity contribution in [1.29, 1.82) is 5.41 Å². The Labute approximate surface area is 214 Å². The topological polar surface area (TPSA) is 223 Å². The molecule has 2 amide bonds. The number of thiazole rings is 1. The van der Waals surface area contributed by atoms with Crippen LogP contribution in [0.5, 0.6) is 5.75 Å². The van der Waals surface area contributed by atoms with Gasteiger partial charge in [-0.3, -0.25) is 19.6 Å². The second kappa shape index (κ2) is 11.1. The van der Waals surface area contributed by atoms with Crippen LogP contribution < -0.4 is 21.5 Å². The number of nitrogens with one attached hydrogen (secondary N) is 2. The zero-order valence-electron chi connectivity index (χ0n) is 18.7. The molecule has 3 rings (SSSR count). The summed E-state index contributed by atoms with van der Waals surface area (Å²) >= 11 is 6.99. The standard InChI is InChI=1S/C19H22ClN7O7S2/c1-9-13(18(29)27(9)36(30,31)32)24-17(28)15(14-16(20)35-19(23)25-14)26-34-7-6-33-11-4-2-10(3-5-11)8-12(21)22/h2-5,9,13H,6-8H2,1H3,(H3,21,22)(H2,23,25)(H,24,28)(H,30,31,32)/b26-15-/t9-,13-/m0/s1. The molecule has 36 heavy (non-hydrogen) atoms.